The summed E-state index contributed by atoms with van der Waals surface area (Å²) >= 11 is 0. The van der Waals surface area contributed by atoms with Crippen LogP contribution in [0, 0.1) is 0 Å². The van der Waals surface area contributed by atoms with Crippen molar-refractivity contribution in [3.63, 3.8) is 0 Å². The Kier molecular flexibility index (Phi) is 5.13. The van der Waals surface area contributed by atoms with Gasteiger partial charge >= 0.3 is 0 Å². The molecule has 31 heavy (non-hydrogen) atoms. The molecular formula is C27H25N3O. The number of methoxy groups -OCH3 is 1. The van der Waals surface area contributed by atoms with Crippen molar-refractivity contribution in [3.05, 3.63) is 95.6 Å². The lowest BCUT2D eigenvalue weighted by Crippen LogP contribution is -2.21. The third-order valence-electron chi connectivity index (χ3n) is 5.86. The Morgan fingerprint density at radius 2 is 1.68 bits per heavy atom. The van der Waals surface area contributed by atoms with Crippen molar-refractivity contribution in [3.8, 4) is 17.0 Å². The average Bonchev–Trinajstić information content (AvgIpc) is 3.33. The molecule has 0 aliphatic carbocycles. The predicted molar refractivity (Wildman–Crippen MR) is 127 cm³/mol. The van der Waals surface area contributed by atoms with E-state index in [2.05, 4.69) is 54.7 Å². The van der Waals surface area contributed by atoms with E-state index in [1.165, 1.54) is 11.1 Å². The molecule has 0 radical (unpaired) electrons. The quantitative estimate of drug-likeness (QED) is 0.471. The first kappa shape index (κ1) is 19.3. The zero-order valence-electron chi connectivity index (χ0n) is 17.8. The highest BCUT2D eigenvalue weighted by molar-refractivity contribution is 6.13. The average molecular weight is 408 g/mol. The summed E-state index contributed by atoms with van der Waals surface area (Å²) < 4.78 is 5.94. The van der Waals surface area contributed by atoms with E-state index in [0.717, 1.165) is 52.3 Å². The third-order valence-corrected chi connectivity index (χ3v) is 5.86. The molecule has 0 bridgehead atoms. The fraction of sp³-hybridized carbons (Fsp3) is 0.185. The molecule has 5 rings (SSSR count). The summed E-state index contributed by atoms with van der Waals surface area (Å²) in [6.07, 6.45) is 1.04. The molecule has 0 amide bonds. The first-order chi connectivity index (χ1) is 15.3. The summed E-state index contributed by atoms with van der Waals surface area (Å²) in [5.41, 5.74) is 6.32. The van der Waals surface area contributed by atoms with Gasteiger partial charge in [-0.3, -0.25) is 4.99 Å². The van der Waals surface area contributed by atoms with Crippen LogP contribution in [0.4, 0.5) is 0 Å². The highest BCUT2D eigenvalue weighted by Gasteiger charge is 2.26. The molecule has 0 fully saturated rings. The maximum absolute atomic E-state index is 5.94. The Bertz CT molecular complexity index is 1250. The number of nitrogens with zero attached hydrogens (tertiary/aromatic N) is 2. The number of aromatic nitrogens is 1. The van der Waals surface area contributed by atoms with Crippen molar-refractivity contribution in [1.82, 2.24) is 10.3 Å². The van der Waals surface area contributed by atoms with E-state index < -0.39 is 0 Å². The van der Waals surface area contributed by atoms with E-state index in [-0.39, 0.29) is 6.04 Å². The number of rotatable bonds is 5. The van der Waals surface area contributed by atoms with Crippen LogP contribution in [0.15, 0.2) is 83.9 Å². The van der Waals surface area contributed by atoms with Gasteiger partial charge < -0.3 is 10.1 Å². The summed E-state index contributed by atoms with van der Waals surface area (Å²) in [4.78, 5) is 10.0. The molecule has 0 saturated carbocycles. The van der Waals surface area contributed by atoms with Crippen LogP contribution < -0.4 is 10.1 Å². The van der Waals surface area contributed by atoms with Gasteiger partial charge in [0.25, 0.3) is 0 Å². The molecular weight excluding hydrogens is 382 g/mol. The molecule has 3 aromatic carbocycles. The number of amidine groups is 1. The van der Waals surface area contributed by atoms with E-state index >= 15 is 0 Å². The topological polar surface area (TPSA) is 46.5 Å². The predicted octanol–water partition coefficient (Wildman–Crippen LogP) is 5.56. The molecule has 0 spiro atoms. The molecule has 154 valence electrons. The molecule has 4 heteroatoms. The van der Waals surface area contributed by atoms with Crippen molar-refractivity contribution in [2.45, 2.75) is 19.4 Å². The van der Waals surface area contributed by atoms with Crippen LogP contribution in [0.2, 0.25) is 0 Å². The van der Waals surface area contributed by atoms with E-state index in [1.54, 1.807) is 7.11 Å². The van der Waals surface area contributed by atoms with Crippen LogP contribution in [-0.2, 0) is 6.42 Å². The smallest absolute Gasteiger partial charge is 0.156 e. The van der Waals surface area contributed by atoms with Gasteiger partial charge in [0, 0.05) is 17.5 Å². The zero-order valence-corrected chi connectivity index (χ0v) is 17.8. The summed E-state index contributed by atoms with van der Waals surface area (Å²) in [5, 5.41) is 4.57. The molecule has 1 atom stereocenters. The number of ether oxygens (including phenoxy) is 1. The van der Waals surface area contributed by atoms with Crippen molar-refractivity contribution in [2.24, 2.45) is 4.99 Å². The minimum Gasteiger partial charge on any atom is -0.494 e. The van der Waals surface area contributed by atoms with Gasteiger partial charge in [0.2, 0.25) is 0 Å². The van der Waals surface area contributed by atoms with E-state index in [9.17, 15) is 0 Å². The lowest BCUT2D eigenvalue weighted by molar-refractivity contribution is 0.414. The minimum absolute atomic E-state index is 0.0812. The van der Waals surface area contributed by atoms with Crippen LogP contribution >= 0.6 is 0 Å². The second kappa shape index (κ2) is 8.23. The molecule has 1 N–H and O–H groups in total. The number of hydrogen-bond donors (Lipinski definition) is 1. The van der Waals surface area contributed by atoms with Gasteiger partial charge in [-0.25, -0.2) is 4.98 Å². The van der Waals surface area contributed by atoms with Gasteiger partial charge in [-0.15, -0.1) is 0 Å². The number of hydrogen-bond acceptors (Lipinski definition) is 4. The summed E-state index contributed by atoms with van der Waals surface area (Å²) in [7, 11) is 1.71. The van der Waals surface area contributed by atoms with Gasteiger partial charge in [-0.1, -0.05) is 79.7 Å². The van der Waals surface area contributed by atoms with Crippen molar-refractivity contribution in [2.75, 3.05) is 13.7 Å². The normalized spacial score (nSPS) is 15.5. The van der Waals surface area contributed by atoms with Crippen LogP contribution in [0.1, 0.15) is 29.7 Å². The van der Waals surface area contributed by atoms with Gasteiger partial charge in [0.1, 0.15) is 11.5 Å². The molecule has 1 aliphatic rings. The Labute approximate surface area is 182 Å². The first-order valence-corrected chi connectivity index (χ1v) is 10.7. The fourth-order valence-electron chi connectivity index (χ4n) is 4.18. The highest BCUT2D eigenvalue weighted by Crippen LogP contribution is 2.37. The van der Waals surface area contributed by atoms with Gasteiger partial charge in [-0.2, -0.15) is 0 Å². The number of aryl methyl sites for hydroxylation is 1. The minimum atomic E-state index is 0.0812. The van der Waals surface area contributed by atoms with Gasteiger partial charge in [0.15, 0.2) is 5.75 Å². The Hall–Kier alpha value is -3.66. The SMILES string of the molecule is CCc1ccc(C2CNC(c3c(OC)c(-c4ccccc4)nc4ccccc34)=N2)cc1. The lowest BCUT2D eigenvalue weighted by atomic mass is 10.0. The molecule has 4 nitrogen and oxygen atoms in total. The second-order valence-electron chi connectivity index (χ2n) is 7.72. The Morgan fingerprint density at radius 3 is 2.42 bits per heavy atom. The van der Waals surface area contributed by atoms with Crippen molar-refractivity contribution in [1.29, 1.82) is 0 Å². The number of fused-ring (bicyclic) bond motifs is 1. The van der Waals surface area contributed by atoms with Crippen LogP contribution in [-0.4, -0.2) is 24.5 Å². The highest BCUT2D eigenvalue weighted by atomic mass is 16.5. The zero-order chi connectivity index (χ0) is 21.2. The van der Waals surface area contributed by atoms with E-state index in [0.29, 0.717) is 0 Å². The number of para-hydroxylation sites is 1. The number of aliphatic imine (C=N–C) groups is 1. The van der Waals surface area contributed by atoms with Crippen molar-refractivity contribution >= 4 is 16.7 Å². The largest absolute Gasteiger partial charge is 0.494 e. The third kappa shape index (κ3) is 3.55. The van der Waals surface area contributed by atoms with Crippen LogP contribution in [0.3, 0.4) is 0 Å². The summed E-state index contributed by atoms with van der Waals surface area (Å²) in [6, 6.07) is 27.2. The van der Waals surface area contributed by atoms with E-state index in [4.69, 9.17) is 14.7 Å². The van der Waals surface area contributed by atoms with Crippen LogP contribution in [0.5, 0.6) is 5.75 Å². The first-order valence-electron chi connectivity index (χ1n) is 10.7. The van der Waals surface area contributed by atoms with Crippen molar-refractivity contribution < 1.29 is 4.74 Å². The Balaban J connectivity index is 1.66. The van der Waals surface area contributed by atoms with Gasteiger partial charge in [-0.05, 0) is 23.6 Å². The van der Waals surface area contributed by atoms with Gasteiger partial charge in [0.05, 0.1) is 24.2 Å². The molecule has 2 heterocycles. The second-order valence-corrected chi connectivity index (χ2v) is 7.72. The summed E-state index contributed by atoms with van der Waals surface area (Å²) in [5.74, 6) is 1.61. The molecule has 1 aromatic heterocycles. The maximum Gasteiger partial charge on any atom is 0.156 e. The summed E-state index contributed by atoms with van der Waals surface area (Å²) in [6.45, 7) is 2.94. The molecule has 1 aliphatic heterocycles. The number of pyridine rings is 1. The monoisotopic (exact) mass is 407 g/mol. The molecule has 1 unspecified atom stereocenters. The molecule has 4 aromatic rings. The fourth-order valence-corrected chi connectivity index (χ4v) is 4.18. The standard InChI is InChI=1S/C27H25N3O/c1-3-18-13-15-19(16-14-18)23-17-28-27(30-23)24-21-11-7-8-12-22(21)29-25(26(24)31-2)20-9-5-4-6-10-20/h4-16,23H,3,17H2,1-2H3,(H,28,30). The Morgan fingerprint density at radius 1 is 0.935 bits per heavy atom. The number of nitrogens with one attached hydrogen (secondary N) is 1. The van der Waals surface area contributed by atoms with E-state index in [1.807, 2.05) is 36.4 Å². The molecule has 0 saturated heterocycles. The number of benzene rings is 3. The maximum atomic E-state index is 5.94. The lowest BCUT2D eigenvalue weighted by Gasteiger charge is -2.16. The van der Waals surface area contributed by atoms with Crippen LogP contribution in [0.25, 0.3) is 22.2 Å².